The molecule has 1 saturated heterocycles. The van der Waals surface area contributed by atoms with E-state index in [9.17, 15) is 30.3 Å². The predicted molar refractivity (Wildman–Crippen MR) is 145 cm³/mol. The molecule has 0 spiro atoms. The van der Waals surface area contributed by atoms with Crippen LogP contribution in [0.25, 0.3) is 0 Å². The Morgan fingerprint density at radius 2 is 1.42 bits per heavy atom. The van der Waals surface area contributed by atoms with Gasteiger partial charge in [-0.2, -0.15) is 0 Å². The monoisotopic (exact) mass is 536 g/mol. The number of carbonyl (C=O) groups excluding carboxylic acids is 1. The van der Waals surface area contributed by atoms with Gasteiger partial charge in [0.1, 0.15) is 18.0 Å². The molecule has 38 heavy (non-hydrogen) atoms. The first kappa shape index (κ1) is 32.4. The summed E-state index contributed by atoms with van der Waals surface area (Å²) in [5.74, 6) is -3.39. The largest absolute Gasteiger partial charge is 0.437 e. The molecule has 8 nitrogen and oxygen atoms in total. The topological polar surface area (TPSA) is 137 Å². The van der Waals surface area contributed by atoms with Crippen LogP contribution in [-0.4, -0.2) is 67.8 Å². The fourth-order valence-electron chi connectivity index (χ4n) is 4.81. The highest BCUT2D eigenvalue weighted by atomic mass is 16.8. The van der Waals surface area contributed by atoms with E-state index in [0.29, 0.717) is 6.42 Å². The second-order valence-corrected chi connectivity index (χ2v) is 10.3. The minimum absolute atomic E-state index is 0.0593. The second kappa shape index (κ2) is 17.0. The Morgan fingerprint density at radius 3 is 2.00 bits per heavy atom. The third-order valence-corrected chi connectivity index (χ3v) is 7.21. The Morgan fingerprint density at radius 1 is 0.868 bits per heavy atom. The highest BCUT2D eigenvalue weighted by Crippen LogP contribution is 2.37. The number of rotatable bonds is 19. The lowest BCUT2D eigenvalue weighted by atomic mass is 9.78. The molecule has 1 heterocycles. The highest BCUT2D eigenvalue weighted by Gasteiger charge is 2.65. The van der Waals surface area contributed by atoms with E-state index in [0.717, 1.165) is 38.5 Å². The van der Waals surface area contributed by atoms with Gasteiger partial charge < -0.3 is 35.0 Å². The van der Waals surface area contributed by atoms with E-state index in [2.05, 4.69) is 19.1 Å². The lowest BCUT2D eigenvalue weighted by molar-refractivity contribution is -0.432. The number of unbranched alkanes of at least 4 members (excludes halogenated alkanes) is 11. The Hall–Kier alpha value is -1.81. The molecule has 5 atom stereocenters. The number of hydrogen-bond donors (Lipinski definition) is 5. The summed E-state index contributed by atoms with van der Waals surface area (Å²) in [5, 5.41) is 52.7. The van der Waals surface area contributed by atoms with Crippen molar-refractivity contribution in [3.8, 4) is 5.75 Å². The van der Waals surface area contributed by atoms with Crippen molar-refractivity contribution in [1.82, 2.24) is 0 Å². The molecule has 216 valence electrons. The summed E-state index contributed by atoms with van der Waals surface area (Å²) in [4.78, 5) is 12.9. The zero-order valence-corrected chi connectivity index (χ0v) is 22.8. The van der Waals surface area contributed by atoms with Crippen LogP contribution >= 0.6 is 0 Å². The van der Waals surface area contributed by atoms with Gasteiger partial charge in [0.15, 0.2) is 17.5 Å². The van der Waals surface area contributed by atoms with E-state index in [1.54, 1.807) is 18.2 Å². The standard InChI is InChI=1S/C30H48O8/c1-2-3-4-5-6-7-8-9-10-11-12-13-14-15-19-22-25(32)29(35)26(23-31)38-30(36,28(34)27(29)33)37-24-20-17-16-18-21-24/h9-10,16-18,20-21,26-28,31,33-36H,2-8,11-15,19,22-23H2,1H3/b10-9-/t26-,27-,28-,29-,30+/m1/s1. The lowest BCUT2D eigenvalue weighted by Crippen LogP contribution is -2.75. The second-order valence-electron chi connectivity index (χ2n) is 10.3. The molecule has 8 heteroatoms. The molecule has 0 radical (unpaired) electrons. The van der Waals surface area contributed by atoms with Gasteiger partial charge in [-0.05, 0) is 44.2 Å². The molecule has 2 rings (SSSR count). The molecule has 1 aromatic rings. The zero-order valence-electron chi connectivity index (χ0n) is 22.8. The number of carbonyl (C=O) groups is 1. The van der Waals surface area contributed by atoms with E-state index in [1.807, 2.05) is 0 Å². The molecule has 5 N–H and O–H groups in total. The number of ketones is 1. The van der Waals surface area contributed by atoms with Gasteiger partial charge in [-0.3, -0.25) is 4.79 Å². The van der Waals surface area contributed by atoms with Gasteiger partial charge in [0.05, 0.1) is 6.61 Å². The quantitative estimate of drug-likeness (QED) is 0.101. The van der Waals surface area contributed by atoms with Crippen molar-refractivity contribution in [2.24, 2.45) is 0 Å². The van der Waals surface area contributed by atoms with Crippen molar-refractivity contribution in [3.05, 3.63) is 42.5 Å². The molecule has 0 saturated carbocycles. The number of Topliss-reactive ketones (excluding diaryl/α,β-unsaturated/α-hetero) is 1. The first-order valence-corrected chi connectivity index (χ1v) is 14.3. The molecule has 0 aliphatic carbocycles. The maximum Gasteiger partial charge on any atom is 0.355 e. The van der Waals surface area contributed by atoms with Crippen LogP contribution in [0.15, 0.2) is 42.5 Å². The van der Waals surface area contributed by atoms with Crippen LogP contribution in [0.5, 0.6) is 5.75 Å². The van der Waals surface area contributed by atoms with Gasteiger partial charge in [-0.15, -0.1) is 0 Å². The van der Waals surface area contributed by atoms with Crippen LogP contribution in [0, 0.1) is 0 Å². The van der Waals surface area contributed by atoms with Crippen molar-refractivity contribution in [3.63, 3.8) is 0 Å². The summed E-state index contributed by atoms with van der Waals surface area (Å²) in [6.45, 7) is 1.35. The minimum Gasteiger partial charge on any atom is -0.437 e. The normalized spacial score (nSPS) is 27.6. The van der Waals surface area contributed by atoms with E-state index in [4.69, 9.17) is 9.47 Å². The molecular formula is C30H48O8. The summed E-state index contributed by atoms with van der Waals surface area (Å²) >= 11 is 0. The van der Waals surface area contributed by atoms with Crippen LogP contribution in [0.4, 0.5) is 0 Å². The molecule has 1 aliphatic heterocycles. The Bertz CT molecular complexity index is 812. The van der Waals surface area contributed by atoms with Gasteiger partial charge in [0, 0.05) is 6.42 Å². The molecule has 0 aromatic heterocycles. The first-order valence-electron chi connectivity index (χ1n) is 14.3. The van der Waals surface area contributed by atoms with Crippen LogP contribution in [0.1, 0.15) is 96.8 Å². The molecule has 0 amide bonds. The van der Waals surface area contributed by atoms with Crippen molar-refractivity contribution < 1.29 is 39.8 Å². The lowest BCUT2D eigenvalue weighted by Gasteiger charge is -2.49. The maximum atomic E-state index is 12.9. The van der Waals surface area contributed by atoms with Crippen molar-refractivity contribution in [2.75, 3.05) is 6.61 Å². The van der Waals surface area contributed by atoms with Crippen LogP contribution in [0.3, 0.4) is 0 Å². The van der Waals surface area contributed by atoms with Gasteiger partial charge in [-0.1, -0.05) is 88.6 Å². The van der Waals surface area contributed by atoms with E-state index in [1.165, 1.54) is 50.7 Å². The number of aliphatic hydroxyl groups excluding tert-OH is 3. The number of benzene rings is 1. The highest BCUT2D eigenvalue weighted by molar-refractivity contribution is 5.88. The zero-order chi connectivity index (χ0) is 27.9. The van der Waals surface area contributed by atoms with Crippen LogP contribution in [-0.2, 0) is 9.53 Å². The summed E-state index contributed by atoms with van der Waals surface area (Å²) in [6, 6.07) is 7.95. The average Bonchev–Trinajstić information content (AvgIpc) is 2.92. The van der Waals surface area contributed by atoms with Crippen LogP contribution < -0.4 is 4.74 Å². The van der Waals surface area contributed by atoms with Gasteiger partial charge in [0.25, 0.3) is 0 Å². The number of hydrogen-bond acceptors (Lipinski definition) is 8. The first-order chi connectivity index (χ1) is 18.3. The third-order valence-electron chi connectivity index (χ3n) is 7.21. The molecule has 1 aromatic carbocycles. The Balaban J connectivity index is 1.70. The Labute approximate surface area is 227 Å². The fraction of sp³-hybridized carbons (Fsp3) is 0.700. The summed E-state index contributed by atoms with van der Waals surface area (Å²) in [6.07, 6.45) is 12.8. The predicted octanol–water partition coefficient (Wildman–Crippen LogP) is 4.16. The minimum atomic E-state index is -2.76. The third kappa shape index (κ3) is 9.43. The summed E-state index contributed by atoms with van der Waals surface area (Å²) in [5.41, 5.74) is -2.58. The molecule has 0 bridgehead atoms. The number of para-hydroxylation sites is 1. The van der Waals surface area contributed by atoms with Crippen molar-refractivity contribution in [1.29, 1.82) is 0 Å². The smallest absolute Gasteiger partial charge is 0.355 e. The van der Waals surface area contributed by atoms with Gasteiger partial charge >= 0.3 is 5.97 Å². The molecule has 1 fully saturated rings. The number of aliphatic hydroxyl groups is 5. The van der Waals surface area contributed by atoms with Crippen LogP contribution in [0.2, 0.25) is 0 Å². The molecule has 1 aliphatic rings. The summed E-state index contributed by atoms with van der Waals surface area (Å²) in [7, 11) is 0. The van der Waals surface area contributed by atoms with Gasteiger partial charge in [0.2, 0.25) is 0 Å². The van der Waals surface area contributed by atoms with E-state index < -0.39 is 42.3 Å². The SMILES string of the molecule is CCCCCCCC/C=C\CCCCCCCC(=O)[C@]1(O)[C@H](O)[C@@H](O)[C@](O)(Oc2ccccc2)O[C@@H]1CO. The van der Waals surface area contributed by atoms with E-state index in [-0.39, 0.29) is 12.2 Å². The van der Waals surface area contributed by atoms with Crippen molar-refractivity contribution in [2.45, 2.75) is 127 Å². The summed E-state index contributed by atoms with van der Waals surface area (Å²) < 4.78 is 10.6. The average molecular weight is 537 g/mol. The van der Waals surface area contributed by atoms with E-state index >= 15 is 0 Å². The molecule has 0 unspecified atom stereocenters. The number of allylic oxidation sites excluding steroid dienone is 2. The Kier molecular flexibility index (Phi) is 14.5. The van der Waals surface area contributed by atoms with Crippen molar-refractivity contribution >= 4 is 5.78 Å². The number of ether oxygens (including phenoxy) is 2. The fourth-order valence-corrected chi connectivity index (χ4v) is 4.81. The maximum absolute atomic E-state index is 12.9. The van der Waals surface area contributed by atoms with Gasteiger partial charge in [-0.25, -0.2) is 0 Å². The molecular weight excluding hydrogens is 488 g/mol.